The Kier molecular flexibility index (Phi) is 3.36. The van der Waals surface area contributed by atoms with Crippen LogP contribution in [0.25, 0.3) is 6.08 Å². The van der Waals surface area contributed by atoms with Gasteiger partial charge < -0.3 is 0 Å². The number of benzene rings is 1. The van der Waals surface area contributed by atoms with Gasteiger partial charge in [0.25, 0.3) is 5.91 Å². The Balaban J connectivity index is 2.91. The smallest absolute Gasteiger partial charge is 0.260 e. The third-order valence-electron chi connectivity index (χ3n) is 1.72. The first-order valence-electron chi connectivity index (χ1n) is 4.08. The molecule has 0 aliphatic carbocycles. The lowest BCUT2D eigenvalue weighted by atomic mass is 10.1. The van der Waals surface area contributed by atoms with E-state index in [4.69, 9.17) is 5.84 Å². The van der Waals surface area contributed by atoms with E-state index in [1.54, 1.807) is 25.1 Å². The van der Waals surface area contributed by atoms with Crippen LogP contribution in [0.1, 0.15) is 12.5 Å². The summed E-state index contributed by atoms with van der Waals surface area (Å²) in [6.07, 6.45) is 1.56. The van der Waals surface area contributed by atoms with Crippen molar-refractivity contribution in [2.75, 3.05) is 0 Å². The Morgan fingerprint density at radius 3 is 2.86 bits per heavy atom. The fourth-order valence-corrected chi connectivity index (χ4v) is 1.03. The van der Waals surface area contributed by atoms with Gasteiger partial charge in [-0.2, -0.15) is 0 Å². The zero-order chi connectivity index (χ0) is 10.6. The van der Waals surface area contributed by atoms with Gasteiger partial charge in [0.15, 0.2) is 0 Å². The van der Waals surface area contributed by atoms with E-state index < -0.39 is 0 Å². The van der Waals surface area contributed by atoms with Crippen molar-refractivity contribution in [3.8, 4) is 0 Å². The van der Waals surface area contributed by atoms with E-state index in [0.717, 1.165) is 0 Å². The average molecular weight is 194 g/mol. The lowest BCUT2D eigenvalue weighted by Gasteiger charge is -1.99. The topological polar surface area (TPSA) is 55.1 Å². The number of hydrogen-bond donors (Lipinski definition) is 2. The van der Waals surface area contributed by atoms with Crippen molar-refractivity contribution in [2.45, 2.75) is 6.92 Å². The third-order valence-corrected chi connectivity index (χ3v) is 1.72. The lowest BCUT2D eigenvalue weighted by molar-refractivity contribution is -0.117. The van der Waals surface area contributed by atoms with Crippen LogP contribution in [0.2, 0.25) is 0 Å². The molecular formula is C10H11FN2O. The van der Waals surface area contributed by atoms with Crippen molar-refractivity contribution in [3.63, 3.8) is 0 Å². The maximum Gasteiger partial charge on any atom is 0.260 e. The highest BCUT2D eigenvalue weighted by molar-refractivity contribution is 5.96. The van der Waals surface area contributed by atoms with Gasteiger partial charge in [-0.3, -0.25) is 10.2 Å². The molecule has 1 rings (SSSR count). The van der Waals surface area contributed by atoms with Gasteiger partial charge in [0.05, 0.1) is 0 Å². The highest BCUT2D eigenvalue weighted by Gasteiger charge is 2.00. The van der Waals surface area contributed by atoms with Crippen LogP contribution < -0.4 is 11.3 Å². The minimum atomic E-state index is -0.380. The Labute approximate surface area is 81.4 Å². The molecule has 1 aromatic carbocycles. The number of carbonyl (C=O) groups excluding carboxylic acids is 1. The van der Waals surface area contributed by atoms with Crippen LogP contribution in [0.4, 0.5) is 4.39 Å². The van der Waals surface area contributed by atoms with Gasteiger partial charge in [-0.1, -0.05) is 12.1 Å². The number of carbonyl (C=O) groups is 1. The average Bonchev–Trinajstić information content (AvgIpc) is 2.16. The van der Waals surface area contributed by atoms with Gasteiger partial charge >= 0.3 is 0 Å². The van der Waals surface area contributed by atoms with Crippen LogP contribution in [0, 0.1) is 5.82 Å². The molecule has 14 heavy (non-hydrogen) atoms. The molecule has 1 amide bonds. The van der Waals surface area contributed by atoms with Crippen molar-refractivity contribution < 1.29 is 9.18 Å². The van der Waals surface area contributed by atoms with Crippen molar-refractivity contribution in [1.29, 1.82) is 0 Å². The Morgan fingerprint density at radius 2 is 2.29 bits per heavy atom. The van der Waals surface area contributed by atoms with Gasteiger partial charge in [0, 0.05) is 5.57 Å². The molecule has 0 atom stereocenters. The second-order valence-corrected chi connectivity index (χ2v) is 2.86. The van der Waals surface area contributed by atoms with E-state index in [9.17, 15) is 9.18 Å². The zero-order valence-electron chi connectivity index (χ0n) is 7.75. The van der Waals surface area contributed by atoms with Crippen molar-refractivity contribution in [1.82, 2.24) is 5.43 Å². The molecule has 0 unspecified atom stereocenters. The molecule has 0 heterocycles. The van der Waals surface area contributed by atoms with Crippen LogP contribution >= 0.6 is 0 Å². The van der Waals surface area contributed by atoms with Gasteiger partial charge in [0.1, 0.15) is 5.82 Å². The summed E-state index contributed by atoms with van der Waals surface area (Å²) in [4.78, 5) is 11.0. The molecule has 0 aliphatic heterocycles. The summed E-state index contributed by atoms with van der Waals surface area (Å²) in [6.45, 7) is 1.60. The summed E-state index contributed by atoms with van der Waals surface area (Å²) in [5.41, 5.74) is 3.06. The SMILES string of the molecule is CC(=Cc1cccc(F)c1)C(=O)NN. The second kappa shape index (κ2) is 4.53. The highest BCUT2D eigenvalue weighted by Crippen LogP contribution is 2.08. The molecule has 0 saturated carbocycles. The van der Waals surface area contributed by atoms with Crippen molar-refractivity contribution in [3.05, 3.63) is 41.2 Å². The summed E-state index contributed by atoms with van der Waals surface area (Å²) in [7, 11) is 0. The fraction of sp³-hybridized carbons (Fsp3) is 0.100. The monoisotopic (exact) mass is 194 g/mol. The number of nitrogens with two attached hydrogens (primary N) is 1. The first-order chi connectivity index (χ1) is 6.63. The number of nitrogens with one attached hydrogen (secondary N) is 1. The van der Waals surface area contributed by atoms with Crippen LogP contribution in [0.15, 0.2) is 29.8 Å². The molecule has 74 valence electrons. The van der Waals surface area contributed by atoms with Crippen LogP contribution in [-0.4, -0.2) is 5.91 Å². The summed E-state index contributed by atoms with van der Waals surface area (Å²) in [5, 5.41) is 0. The van der Waals surface area contributed by atoms with E-state index in [2.05, 4.69) is 0 Å². The summed E-state index contributed by atoms with van der Waals surface area (Å²) in [5.74, 6) is 4.23. The van der Waals surface area contributed by atoms with Crippen LogP contribution in [0.3, 0.4) is 0 Å². The molecule has 0 aliphatic rings. The van der Waals surface area contributed by atoms with Gasteiger partial charge in [-0.25, -0.2) is 10.2 Å². The number of hydrogen-bond acceptors (Lipinski definition) is 2. The predicted octanol–water partition coefficient (Wildman–Crippen LogP) is 1.22. The standard InChI is InChI=1S/C10H11FN2O/c1-7(10(14)13-12)5-8-3-2-4-9(11)6-8/h2-6H,12H2,1H3,(H,13,14). The number of hydrazine groups is 1. The minimum absolute atomic E-state index is 0.334. The summed E-state index contributed by atoms with van der Waals surface area (Å²) < 4.78 is 12.7. The third kappa shape index (κ3) is 2.67. The molecule has 0 radical (unpaired) electrons. The Morgan fingerprint density at radius 1 is 1.57 bits per heavy atom. The maximum atomic E-state index is 12.7. The molecular weight excluding hydrogens is 183 g/mol. The van der Waals surface area contributed by atoms with Gasteiger partial charge in [-0.15, -0.1) is 0 Å². The number of halogens is 1. The van der Waals surface area contributed by atoms with E-state index in [1.807, 2.05) is 5.43 Å². The highest BCUT2D eigenvalue weighted by atomic mass is 19.1. The molecule has 3 nitrogen and oxygen atoms in total. The summed E-state index contributed by atoms with van der Waals surface area (Å²) >= 11 is 0. The van der Waals surface area contributed by atoms with E-state index in [0.29, 0.717) is 11.1 Å². The molecule has 3 N–H and O–H groups in total. The van der Waals surface area contributed by atoms with E-state index >= 15 is 0 Å². The van der Waals surface area contributed by atoms with Crippen molar-refractivity contribution >= 4 is 12.0 Å². The van der Waals surface area contributed by atoms with Gasteiger partial charge in [-0.05, 0) is 30.7 Å². The number of rotatable bonds is 2. The quantitative estimate of drug-likeness (QED) is 0.322. The molecule has 0 fully saturated rings. The molecule has 0 saturated heterocycles. The van der Waals surface area contributed by atoms with Crippen LogP contribution in [-0.2, 0) is 4.79 Å². The predicted molar refractivity (Wildman–Crippen MR) is 52.4 cm³/mol. The minimum Gasteiger partial charge on any atom is -0.290 e. The number of amides is 1. The summed E-state index contributed by atoms with van der Waals surface area (Å²) in [6, 6.07) is 5.97. The fourth-order valence-electron chi connectivity index (χ4n) is 1.03. The van der Waals surface area contributed by atoms with Gasteiger partial charge in [0.2, 0.25) is 0 Å². The molecule has 0 aromatic heterocycles. The van der Waals surface area contributed by atoms with E-state index in [-0.39, 0.29) is 11.7 Å². The molecule has 1 aromatic rings. The molecule has 0 bridgehead atoms. The molecule has 0 spiro atoms. The Bertz CT molecular complexity index is 374. The van der Waals surface area contributed by atoms with Crippen LogP contribution in [0.5, 0.6) is 0 Å². The first kappa shape index (κ1) is 10.4. The normalized spacial score (nSPS) is 11.2. The van der Waals surface area contributed by atoms with Crippen molar-refractivity contribution in [2.24, 2.45) is 5.84 Å². The van der Waals surface area contributed by atoms with E-state index in [1.165, 1.54) is 12.1 Å². The largest absolute Gasteiger partial charge is 0.290 e. The zero-order valence-corrected chi connectivity index (χ0v) is 7.75. The second-order valence-electron chi connectivity index (χ2n) is 2.86. The maximum absolute atomic E-state index is 12.7. The Hall–Kier alpha value is -1.68. The lowest BCUT2D eigenvalue weighted by Crippen LogP contribution is -2.30. The first-order valence-corrected chi connectivity index (χ1v) is 4.08. The molecule has 4 heteroatoms.